The van der Waals surface area contributed by atoms with E-state index < -0.39 is 0 Å². The van der Waals surface area contributed by atoms with Gasteiger partial charge in [-0.2, -0.15) is 0 Å². The zero-order valence-corrected chi connectivity index (χ0v) is 11.6. The van der Waals surface area contributed by atoms with Crippen LogP contribution in [0.15, 0.2) is 16.7 Å². The van der Waals surface area contributed by atoms with E-state index in [0.717, 1.165) is 16.8 Å². The number of rotatable bonds is 2. The summed E-state index contributed by atoms with van der Waals surface area (Å²) in [5, 5.41) is 2.91. The molecule has 1 aromatic rings. The summed E-state index contributed by atoms with van der Waals surface area (Å²) in [5.41, 5.74) is 6.21. The van der Waals surface area contributed by atoms with Crippen LogP contribution in [0.4, 0.5) is 11.5 Å². The number of halogens is 1. The highest BCUT2D eigenvalue weighted by atomic mass is 79.9. The van der Waals surface area contributed by atoms with Crippen LogP contribution in [0.5, 0.6) is 0 Å². The highest BCUT2D eigenvalue weighted by Gasteiger charge is 2.43. The molecule has 2 bridgehead atoms. The third-order valence-corrected chi connectivity index (χ3v) is 4.78. The van der Waals surface area contributed by atoms with E-state index in [0.29, 0.717) is 17.4 Å². The van der Waals surface area contributed by atoms with Crippen LogP contribution < -0.4 is 11.1 Å². The summed E-state index contributed by atoms with van der Waals surface area (Å²) in [6.45, 7) is 0. The van der Waals surface area contributed by atoms with Gasteiger partial charge in [0.1, 0.15) is 5.82 Å². The Labute approximate surface area is 114 Å². The molecule has 1 amide bonds. The minimum absolute atomic E-state index is 0.111. The van der Waals surface area contributed by atoms with Gasteiger partial charge in [0.15, 0.2) is 0 Å². The number of amides is 1. The molecule has 0 radical (unpaired) electrons. The molecule has 0 aliphatic heterocycles. The summed E-state index contributed by atoms with van der Waals surface area (Å²) in [7, 11) is 0. The van der Waals surface area contributed by atoms with Crippen LogP contribution in [0.1, 0.15) is 25.7 Å². The predicted octanol–water partition coefficient (Wildman–Crippen LogP) is 2.80. The lowest BCUT2D eigenvalue weighted by atomic mass is 9.88. The van der Waals surface area contributed by atoms with Crippen molar-refractivity contribution >= 4 is 33.3 Å². The minimum atomic E-state index is 0.111. The van der Waals surface area contributed by atoms with E-state index in [2.05, 4.69) is 26.2 Å². The van der Waals surface area contributed by atoms with Gasteiger partial charge in [0.25, 0.3) is 0 Å². The van der Waals surface area contributed by atoms with E-state index in [-0.39, 0.29) is 11.8 Å². The van der Waals surface area contributed by atoms with Gasteiger partial charge in [-0.1, -0.05) is 6.42 Å². The molecular weight excluding hydrogens is 294 g/mol. The summed E-state index contributed by atoms with van der Waals surface area (Å²) >= 11 is 3.37. The number of nitrogens with one attached hydrogen (secondary N) is 1. The van der Waals surface area contributed by atoms with Crippen molar-refractivity contribution in [1.29, 1.82) is 0 Å². The van der Waals surface area contributed by atoms with Gasteiger partial charge < -0.3 is 11.1 Å². The third-order valence-electron chi connectivity index (χ3n) is 4.18. The molecule has 0 saturated heterocycles. The number of fused-ring (bicyclic) bond motifs is 2. The van der Waals surface area contributed by atoms with Crippen LogP contribution in [0.25, 0.3) is 0 Å². The fourth-order valence-corrected chi connectivity index (χ4v) is 3.79. The number of aromatic nitrogens is 1. The molecule has 1 aromatic heterocycles. The number of pyridine rings is 1. The molecule has 3 rings (SSSR count). The predicted molar refractivity (Wildman–Crippen MR) is 73.9 cm³/mol. The van der Waals surface area contributed by atoms with Crippen LogP contribution in [0.3, 0.4) is 0 Å². The summed E-state index contributed by atoms with van der Waals surface area (Å²) in [5.74, 6) is 2.21. The number of carbonyl (C=O) groups is 1. The molecule has 0 aromatic carbocycles. The number of nitrogens with two attached hydrogens (primary N) is 1. The quantitative estimate of drug-likeness (QED) is 0.882. The molecule has 18 heavy (non-hydrogen) atoms. The van der Waals surface area contributed by atoms with Gasteiger partial charge in [0, 0.05) is 5.92 Å². The number of nitrogen functional groups attached to an aromatic ring is 1. The first kappa shape index (κ1) is 12.0. The molecular formula is C13H16BrN3O. The number of anilines is 2. The smallest absolute Gasteiger partial charge is 0.228 e. The summed E-state index contributed by atoms with van der Waals surface area (Å²) in [6, 6.07) is 1.75. The SMILES string of the molecule is Nc1cnc(NC(=O)C2CC3CCC2C3)c(Br)c1. The molecule has 5 heteroatoms. The van der Waals surface area contributed by atoms with Crippen molar-refractivity contribution in [3.8, 4) is 0 Å². The Morgan fingerprint density at radius 3 is 2.89 bits per heavy atom. The summed E-state index contributed by atoms with van der Waals surface area (Å²) in [4.78, 5) is 16.4. The lowest BCUT2D eigenvalue weighted by Gasteiger charge is -2.20. The Hall–Kier alpha value is -1.10. The lowest BCUT2D eigenvalue weighted by Crippen LogP contribution is -2.27. The molecule has 2 aliphatic rings. The van der Waals surface area contributed by atoms with E-state index in [9.17, 15) is 4.79 Å². The minimum Gasteiger partial charge on any atom is -0.397 e. The Morgan fingerprint density at radius 2 is 2.28 bits per heavy atom. The maximum Gasteiger partial charge on any atom is 0.228 e. The lowest BCUT2D eigenvalue weighted by molar-refractivity contribution is -0.121. The van der Waals surface area contributed by atoms with E-state index in [1.165, 1.54) is 19.3 Å². The van der Waals surface area contributed by atoms with Gasteiger partial charge >= 0.3 is 0 Å². The van der Waals surface area contributed by atoms with Gasteiger partial charge in [-0.15, -0.1) is 0 Å². The monoisotopic (exact) mass is 309 g/mol. The van der Waals surface area contributed by atoms with Crippen molar-refractivity contribution in [1.82, 2.24) is 4.98 Å². The second-order valence-electron chi connectivity index (χ2n) is 5.37. The Bertz CT molecular complexity index is 491. The van der Waals surface area contributed by atoms with Crippen LogP contribution >= 0.6 is 15.9 Å². The Balaban J connectivity index is 1.71. The first-order valence-corrected chi connectivity index (χ1v) is 7.14. The fraction of sp³-hybridized carbons (Fsp3) is 0.538. The van der Waals surface area contributed by atoms with Gasteiger partial charge in [-0.25, -0.2) is 4.98 Å². The van der Waals surface area contributed by atoms with E-state index in [1.54, 1.807) is 12.3 Å². The molecule has 2 fully saturated rings. The van der Waals surface area contributed by atoms with E-state index in [1.807, 2.05) is 0 Å². The summed E-state index contributed by atoms with van der Waals surface area (Å²) < 4.78 is 0.735. The standard InChI is InChI=1S/C13H16BrN3O/c14-11-5-9(15)6-16-12(11)17-13(18)10-4-7-1-2-8(10)3-7/h5-8,10H,1-4,15H2,(H,16,17,18). The largest absolute Gasteiger partial charge is 0.397 e. The highest BCUT2D eigenvalue weighted by molar-refractivity contribution is 9.10. The van der Waals surface area contributed by atoms with Gasteiger partial charge in [0.2, 0.25) is 5.91 Å². The second-order valence-corrected chi connectivity index (χ2v) is 6.22. The van der Waals surface area contributed by atoms with E-state index >= 15 is 0 Å². The van der Waals surface area contributed by atoms with Crippen LogP contribution in [-0.4, -0.2) is 10.9 Å². The van der Waals surface area contributed by atoms with Crippen LogP contribution in [0, 0.1) is 17.8 Å². The molecule has 3 atom stereocenters. The zero-order valence-electron chi connectivity index (χ0n) is 10.0. The Kier molecular flexibility index (Phi) is 3.01. The van der Waals surface area contributed by atoms with Gasteiger partial charge in [0.05, 0.1) is 16.4 Å². The normalized spacial score (nSPS) is 29.5. The number of hydrogen-bond acceptors (Lipinski definition) is 3. The molecule has 0 spiro atoms. The summed E-state index contributed by atoms with van der Waals surface area (Å²) in [6.07, 6.45) is 6.34. The average Bonchev–Trinajstić information content (AvgIpc) is 2.94. The molecule has 3 N–H and O–H groups in total. The fourth-order valence-electron chi connectivity index (χ4n) is 3.32. The third kappa shape index (κ3) is 2.11. The van der Waals surface area contributed by atoms with Crippen molar-refractivity contribution in [2.24, 2.45) is 17.8 Å². The van der Waals surface area contributed by atoms with Crippen LogP contribution in [0.2, 0.25) is 0 Å². The van der Waals surface area contributed by atoms with Crippen molar-refractivity contribution in [2.45, 2.75) is 25.7 Å². The maximum atomic E-state index is 12.2. The van der Waals surface area contributed by atoms with Crippen molar-refractivity contribution in [2.75, 3.05) is 11.1 Å². The molecule has 2 saturated carbocycles. The molecule has 2 aliphatic carbocycles. The molecule has 4 nitrogen and oxygen atoms in total. The average molecular weight is 310 g/mol. The zero-order chi connectivity index (χ0) is 12.7. The van der Waals surface area contributed by atoms with Crippen LogP contribution in [-0.2, 0) is 4.79 Å². The van der Waals surface area contributed by atoms with Crippen molar-refractivity contribution in [3.63, 3.8) is 0 Å². The van der Waals surface area contributed by atoms with Crippen molar-refractivity contribution in [3.05, 3.63) is 16.7 Å². The highest BCUT2D eigenvalue weighted by Crippen LogP contribution is 2.48. The maximum absolute atomic E-state index is 12.2. The topological polar surface area (TPSA) is 68.0 Å². The first-order chi connectivity index (χ1) is 8.63. The van der Waals surface area contributed by atoms with Gasteiger partial charge in [-0.05, 0) is 53.1 Å². The molecule has 3 unspecified atom stereocenters. The molecule has 1 heterocycles. The first-order valence-electron chi connectivity index (χ1n) is 6.35. The van der Waals surface area contributed by atoms with Crippen molar-refractivity contribution < 1.29 is 4.79 Å². The second kappa shape index (κ2) is 4.53. The van der Waals surface area contributed by atoms with Gasteiger partial charge in [-0.3, -0.25) is 4.79 Å². The van der Waals surface area contributed by atoms with E-state index in [4.69, 9.17) is 5.73 Å². The molecule has 96 valence electrons. The number of nitrogens with zero attached hydrogens (tertiary/aromatic N) is 1. The Morgan fingerprint density at radius 1 is 1.44 bits per heavy atom. The number of hydrogen-bond donors (Lipinski definition) is 2. The number of carbonyl (C=O) groups excluding carboxylic acids is 1.